The second kappa shape index (κ2) is 6.96. The van der Waals surface area contributed by atoms with Crippen LogP contribution in [-0.4, -0.2) is 43.2 Å². The first kappa shape index (κ1) is 16.4. The van der Waals surface area contributed by atoms with Crippen molar-refractivity contribution in [3.05, 3.63) is 29.3 Å². The van der Waals surface area contributed by atoms with Crippen LogP contribution in [0.1, 0.15) is 19.3 Å². The van der Waals surface area contributed by atoms with Gasteiger partial charge in [0.05, 0.1) is 5.92 Å². The van der Waals surface area contributed by atoms with E-state index in [4.69, 9.17) is 16.7 Å². The predicted octanol–water partition coefficient (Wildman–Crippen LogP) is 1.36. The third kappa shape index (κ3) is 3.88. The van der Waals surface area contributed by atoms with Gasteiger partial charge in [-0.25, -0.2) is 0 Å². The number of tetrazole rings is 1. The van der Waals surface area contributed by atoms with Crippen LogP contribution < -0.4 is 5.32 Å². The first-order valence-corrected chi connectivity index (χ1v) is 7.95. The number of hydrogen-bond donors (Lipinski definition) is 2. The average Bonchev–Trinajstić information content (AvgIpc) is 3.17. The smallest absolute Gasteiger partial charge is 0.306 e. The maximum atomic E-state index is 12.0. The molecule has 0 spiro atoms. The van der Waals surface area contributed by atoms with Crippen molar-refractivity contribution in [1.29, 1.82) is 0 Å². The number of nitrogens with one attached hydrogen (secondary N) is 1. The first-order chi connectivity index (χ1) is 11.5. The molecule has 1 aliphatic carbocycles. The summed E-state index contributed by atoms with van der Waals surface area (Å²) in [4.78, 5) is 24.2. The summed E-state index contributed by atoms with van der Waals surface area (Å²) in [7, 11) is 0. The third-order valence-corrected chi connectivity index (χ3v) is 4.24. The minimum absolute atomic E-state index is 0.0607. The molecule has 1 saturated carbocycles. The van der Waals surface area contributed by atoms with Crippen molar-refractivity contribution in [2.45, 2.75) is 31.8 Å². The van der Waals surface area contributed by atoms with Gasteiger partial charge in [-0.1, -0.05) is 11.6 Å². The van der Waals surface area contributed by atoms with Gasteiger partial charge in [0, 0.05) is 16.6 Å². The number of amides is 1. The summed E-state index contributed by atoms with van der Waals surface area (Å²) in [6, 6.07) is 6.88. The van der Waals surface area contributed by atoms with Crippen LogP contribution in [0.25, 0.3) is 11.4 Å². The highest BCUT2D eigenvalue weighted by molar-refractivity contribution is 6.30. The quantitative estimate of drug-likeness (QED) is 0.843. The number of nitrogens with zero attached hydrogens (tertiary/aromatic N) is 4. The molecule has 2 aromatic rings. The molecular formula is C15H16ClN5O3. The van der Waals surface area contributed by atoms with E-state index in [1.807, 2.05) is 0 Å². The molecule has 2 N–H and O–H groups in total. The number of hydrogen-bond acceptors (Lipinski definition) is 5. The highest BCUT2D eigenvalue weighted by Gasteiger charge is 2.30. The van der Waals surface area contributed by atoms with E-state index in [1.54, 1.807) is 24.3 Å². The number of benzene rings is 1. The summed E-state index contributed by atoms with van der Waals surface area (Å²) in [6.07, 6.45) is 1.72. The lowest BCUT2D eigenvalue weighted by Crippen LogP contribution is -2.36. The second-order valence-corrected chi connectivity index (χ2v) is 6.20. The molecule has 1 heterocycles. The zero-order chi connectivity index (χ0) is 17.1. The summed E-state index contributed by atoms with van der Waals surface area (Å²) in [6.45, 7) is -0.0607. The van der Waals surface area contributed by atoms with Crippen LogP contribution in [0.3, 0.4) is 0 Å². The molecule has 0 bridgehead atoms. The average molecular weight is 350 g/mol. The molecule has 1 aliphatic rings. The Kier molecular flexibility index (Phi) is 4.75. The van der Waals surface area contributed by atoms with Gasteiger partial charge in [-0.05, 0) is 48.7 Å². The molecule has 126 valence electrons. The molecule has 0 aliphatic heterocycles. The Labute approximate surface area is 142 Å². The summed E-state index contributed by atoms with van der Waals surface area (Å²) in [5.74, 6) is -1.04. The molecule has 24 heavy (non-hydrogen) atoms. The van der Waals surface area contributed by atoms with Crippen molar-refractivity contribution in [1.82, 2.24) is 25.5 Å². The minimum atomic E-state index is -0.808. The van der Waals surface area contributed by atoms with Crippen LogP contribution in [0.2, 0.25) is 5.02 Å². The summed E-state index contributed by atoms with van der Waals surface area (Å²) >= 11 is 5.83. The molecule has 2 atom stereocenters. The number of aliphatic carboxylic acids is 1. The minimum Gasteiger partial charge on any atom is -0.481 e. The van der Waals surface area contributed by atoms with E-state index in [0.717, 1.165) is 5.56 Å². The number of carboxylic acid groups (broad SMARTS) is 1. The number of carboxylic acids is 1. The highest BCUT2D eigenvalue weighted by Crippen LogP contribution is 2.25. The Bertz CT molecular complexity index is 746. The Morgan fingerprint density at radius 2 is 2.04 bits per heavy atom. The molecule has 1 amide bonds. The van der Waals surface area contributed by atoms with Crippen molar-refractivity contribution >= 4 is 23.5 Å². The van der Waals surface area contributed by atoms with E-state index >= 15 is 0 Å². The zero-order valence-corrected chi connectivity index (χ0v) is 13.5. The van der Waals surface area contributed by atoms with Crippen molar-refractivity contribution in [3.8, 4) is 11.4 Å². The van der Waals surface area contributed by atoms with Gasteiger partial charge in [0.1, 0.15) is 6.54 Å². The van der Waals surface area contributed by atoms with E-state index in [2.05, 4.69) is 20.7 Å². The summed E-state index contributed by atoms with van der Waals surface area (Å²) in [5, 5.41) is 24.4. The fourth-order valence-electron chi connectivity index (χ4n) is 2.76. The van der Waals surface area contributed by atoms with Crippen LogP contribution >= 0.6 is 11.6 Å². The van der Waals surface area contributed by atoms with Crippen molar-refractivity contribution in [2.75, 3.05) is 0 Å². The number of aromatic nitrogens is 4. The fraction of sp³-hybridized carbons (Fsp3) is 0.400. The first-order valence-electron chi connectivity index (χ1n) is 7.57. The summed E-state index contributed by atoms with van der Waals surface area (Å²) in [5.41, 5.74) is 0.756. The van der Waals surface area contributed by atoms with Crippen molar-refractivity contribution in [2.24, 2.45) is 5.92 Å². The molecule has 1 aromatic carbocycles. The number of rotatable bonds is 5. The SMILES string of the molecule is O=C(Cn1nnc(-c2ccc(Cl)cc2)n1)N[C@@H]1CC[C@H](C(=O)O)C1. The lowest BCUT2D eigenvalue weighted by molar-refractivity contribution is -0.141. The van der Waals surface area contributed by atoms with Gasteiger partial charge in [0.25, 0.3) is 0 Å². The third-order valence-electron chi connectivity index (χ3n) is 3.99. The van der Waals surface area contributed by atoms with Crippen LogP contribution in [0.5, 0.6) is 0 Å². The van der Waals surface area contributed by atoms with Crippen LogP contribution in [0, 0.1) is 5.92 Å². The Hall–Kier alpha value is -2.48. The molecule has 1 aromatic heterocycles. The van der Waals surface area contributed by atoms with Gasteiger partial charge < -0.3 is 10.4 Å². The highest BCUT2D eigenvalue weighted by atomic mass is 35.5. The van der Waals surface area contributed by atoms with Gasteiger partial charge in [0.15, 0.2) is 0 Å². The van der Waals surface area contributed by atoms with E-state index in [1.165, 1.54) is 4.80 Å². The van der Waals surface area contributed by atoms with E-state index in [-0.39, 0.29) is 24.4 Å². The normalized spacial score (nSPS) is 20.0. The topological polar surface area (TPSA) is 110 Å². The van der Waals surface area contributed by atoms with Gasteiger partial charge in [-0.15, -0.1) is 10.2 Å². The Morgan fingerprint density at radius 3 is 2.71 bits per heavy atom. The van der Waals surface area contributed by atoms with Crippen molar-refractivity contribution in [3.63, 3.8) is 0 Å². The summed E-state index contributed by atoms with van der Waals surface area (Å²) < 4.78 is 0. The lowest BCUT2D eigenvalue weighted by Gasteiger charge is -2.11. The van der Waals surface area contributed by atoms with Gasteiger partial charge in [-0.2, -0.15) is 4.80 Å². The Balaban J connectivity index is 1.56. The number of halogens is 1. The van der Waals surface area contributed by atoms with Crippen LogP contribution in [0.15, 0.2) is 24.3 Å². The molecule has 0 radical (unpaired) electrons. The Morgan fingerprint density at radius 1 is 1.29 bits per heavy atom. The van der Waals surface area contributed by atoms with E-state index in [0.29, 0.717) is 30.1 Å². The zero-order valence-electron chi connectivity index (χ0n) is 12.7. The van der Waals surface area contributed by atoms with Gasteiger partial charge >= 0.3 is 5.97 Å². The van der Waals surface area contributed by atoms with E-state index < -0.39 is 5.97 Å². The molecule has 9 heteroatoms. The maximum absolute atomic E-state index is 12.0. The largest absolute Gasteiger partial charge is 0.481 e. The lowest BCUT2D eigenvalue weighted by atomic mass is 10.1. The standard InChI is InChI=1S/C15H16ClN5O3/c16-11-4-1-9(2-5-11)14-18-20-21(19-14)8-13(22)17-12-6-3-10(7-12)15(23)24/h1-2,4-5,10,12H,3,6-8H2,(H,17,22)(H,23,24)/t10-,12+/m0/s1. The maximum Gasteiger partial charge on any atom is 0.306 e. The van der Waals surface area contributed by atoms with E-state index in [9.17, 15) is 9.59 Å². The van der Waals surface area contributed by atoms with Gasteiger partial charge in [-0.3, -0.25) is 9.59 Å². The molecule has 8 nitrogen and oxygen atoms in total. The molecule has 0 saturated heterocycles. The second-order valence-electron chi connectivity index (χ2n) is 5.76. The fourth-order valence-corrected chi connectivity index (χ4v) is 2.89. The van der Waals surface area contributed by atoms with Crippen molar-refractivity contribution < 1.29 is 14.7 Å². The molecule has 0 unspecified atom stereocenters. The number of carbonyl (C=O) groups is 2. The molecule has 1 fully saturated rings. The molecule has 3 rings (SSSR count). The van der Waals surface area contributed by atoms with Crippen LogP contribution in [0.4, 0.5) is 0 Å². The predicted molar refractivity (Wildman–Crippen MR) is 85.2 cm³/mol. The van der Waals surface area contributed by atoms with Gasteiger partial charge in [0.2, 0.25) is 11.7 Å². The number of carbonyl (C=O) groups excluding carboxylic acids is 1. The molecular weight excluding hydrogens is 334 g/mol. The van der Waals surface area contributed by atoms with Crippen LogP contribution in [-0.2, 0) is 16.1 Å². The monoisotopic (exact) mass is 349 g/mol.